The molecule has 0 saturated heterocycles. The van der Waals surface area contributed by atoms with Gasteiger partial charge in [-0.2, -0.15) is 4.98 Å². The minimum Gasteiger partial charge on any atom is -0.383 e. The van der Waals surface area contributed by atoms with E-state index in [9.17, 15) is 8.78 Å². The SMILES string of the molecule is Nc1c2c(-c3cccc(F)c3F)nc(NCc3ccccn3)nc2nn1-c1ccccc1Cl. The van der Waals surface area contributed by atoms with Crippen LogP contribution in [0.1, 0.15) is 5.69 Å². The van der Waals surface area contributed by atoms with E-state index in [2.05, 4.69) is 25.4 Å². The average molecular weight is 464 g/mol. The Hall–Kier alpha value is -4.11. The second-order valence-corrected chi connectivity index (χ2v) is 7.53. The number of aromatic nitrogens is 5. The largest absolute Gasteiger partial charge is 0.383 e. The number of hydrogen-bond donors (Lipinski definition) is 2. The first kappa shape index (κ1) is 20.8. The quantitative estimate of drug-likeness (QED) is 0.381. The predicted molar refractivity (Wildman–Crippen MR) is 123 cm³/mol. The summed E-state index contributed by atoms with van der Waals surface area (Å²) in [6, 6.07) is 16.4. The Bertz CT molecular complexity index is 1470. The second-order valence-electron chi connectivity index (χ2n) is 7.12. The molecule has 10 heteroatoms. The highest BCUT2D eigenvalue weighted by Crippen LogP contribution is 2.35. The van der Waals surface area contributed by atoms with Crippen LogP contribution in [0.2, 0.25) is 5.02 Å². The third kappa shape index (κ3) is 3.83. The molecule has 7 nitrogen and oxygen atoms in total. The fraction of sp³-hybridized carbons (Fsp3) is 0.0435. The van der Waals surface area contributed by atoms with Crippen molar-refractivity contribution in [2.45, 2.75) is 6.54 Å². The van der Waals surface area contributed by atoms with Crippen LogP contribution in [0, 0.1) is 11.6 Å². The van der Waals surface area contributed by atoms with Gasteiger partial charge in [-0.15, -0.1) is 5.10 Å². The highest BCUT2D eigenvalue weighted by Gasteiger charge is 2.22. The third-order valence-electron chi connectivity index (χ3n) is 5.01. The lowest BCUT2D eigenvalue weighted by Crippen LogP contribution is -2.06. The molecule has 0 bridgehead atoms. The Labute approximate surface area is 191 Å². The van der Waals surface area contributed by atoms with Gasteiger partial charge in [0.1, 0.15) is 5.82 Å². The molecule has 3 aromatic heterocycles. The first-order chi connectivity index (χ1) is 16.0. The number of benzene rings is 2. The van der Waals surface area contributed by atoms with Gasteiger partial charge in [0.25, 0.3) is 0 Å². The van der Waals surface area contributed by atoms with Gasteiger partial charge in [-0.25, -0.2) is 18.4 Å². The van der Waals surface area contributed by atoms with Crippen molar-refractivity contribution >= 4 is 34.4 Å². The van der Waals surface area contributed by atoms with E-state index in [1.54, 1.807) is 36.5 Å². The molecule has 0 radical (unpaired) electrons. The number of nitrogens with two attached hydrogens (primary N) is 1. The van der Waals surface area contributed by atoms with E-state index < -0.39 is 11.6 Å². The van der Waals surface area contributed by atoms with Crippen molar-refractivity contribution < 1.29 is 8.78 Å². The Morgan fingerprint density at radius 1 is 0.970 bits per heavy atom. The van der Waals surface area contributed by atoms with Gasteiger partial charge in [0.15, 0.2) is 17.3 Å². The lowest BCUT2D eigenvalue weighted by atomic mass is 10.1. The van der Waals surface area contributed by atoms with Crippen LogP contribution in [0.3, 0.4) is 0 Å². The molecule has 0 atom stereocenters. The molecule has 0 amide bonds. The lowest BCUT2D eigenvalue weighted by molar-refractivity contribution is 0.511. The third-order valence-corrected chi connectivity index (χ3v) is 5.33. The van der Waals surface area contributed by atoms with Crippen LogP contribution in [0.4, 0.5) is 20.5 Å². The second kappa shape index (κ2) is 8.44. The summed E-state index contributed by atoms with van der Waals surface area (Å²) >= 11 is 6.33. The Balaban J connectivity index is 1.70. The number of nitrogens with one attached hydrogen (secondary N) is 1. The summed E-state index contributed by atoms with van der Waals surface area (Å²) in [5.41, 5.74) is 7.91. The van der Waals surface area contributed by atoms with Crippen molar-refractivity contribution in [3.63, 3.8) is 0 Å². The van der Waals surface area contributed by atoms with Crippen LogP contribution >= 0.6 is 11.6 Å². The summed E-state index contributed by atoms with van der Waals surface area (Å²) in [7, 11) is 0. The van der Waals surface area contributed by atoms with Gasteiger partial charge in [-0.1, -0.05) is 35.9 Å². The van der Waals surface area contributed by atoms with Gasteiger partial charge in [0.2, 0.25) is 5.95 Å². The van der Waals surface area contributed by atoms with E-state index in [-0.39, 0.29) is 34.1 Å². The van der Waals surface area contributed by atoms with Crippen molar-refractivity contribution in [1.82, 2.24) is 24.7 Å². The number of nitrogens with zero attached hydrogens (tertiary/aromatic N) is 5. The first-order valence-electron chi connectivity index (χ1n) is 9.92. The van der Waals surface area contributed by atoms with Gasteiger partial charge >= 0.3 is 0 Å². The molecule has 5 aromatic rings. The number of para-hydroxylation sites is 1. The fourth-order valence-corrected chi connectivity index (χ4v) is 3.67. The van der Waals surface area contributed by atoms with Crippen molar-refractivity contribution in [3.8, 4) is 16.9 Å². The maximum absolute atomic E-state index is 14.8. The molecule has 3 N–H and O–H groups in total. The summed E-state index contributed by atoms with van der Waals surface area (Å²) in [6.45, 7) is 0.318. The van der Waals surface area contributed by atoms with Crippen molar-refractivity contribution in [2.24, 2.45) is 0 Å². The summed E-state index contributed by atoms with van der Waals surface area (Å²) in [4.78, 5) is 13.1. The maximum atomic E-state index is 14.8. The van der Waals surface area contributed by atoms with E-state index in [0.717, 1.165) is 11.8 Å². The van der Waals surface area contributed by atoms with Gasteiger partial charge in [-0.3, -0.25) is 4.98 Å². The summed E-state index contributed by atoms with van der Waals surface area (Å²) in [6.07, 6.45) is 1.67. The molecular weight excluding hydrogens is 448 g/mol. The van der Waals surface area contributed by atoms with Crippen LogP contribution in [0.15, 0.2) is 66.9 Å². The molecule has 0 saturated carbocycles. The van der Waals surface area contributed by atoms with Crippen molar-refractivity contribution in [1.29, 1.82) is 0 Å². The molecule has 3 heterocycles. The van der Waals surface area contributed by atoms with Crippen LogP contribution in [0.25, 0.3) is 28.0 Å². The normalized spacial score (nSPS) is 11.1. The Morgan fingerprint density at radius 2 is 1.79 bits per heavy atom. The molecule has 0 aliphatic carbocycles. The number of fused-ring (bicyclic) bond motifs is 1. The van der Waals surface area contributed by atoms with E-state index in [1.165, 1.54) is 16.8 Å². The lowest BCUT2D eigenvalue weighted by Gasteiger charge is -2.09. The van der Waals surface area contributed by atoms with Crippen LogP contribution in [-0.2, 0) is 6.54 Å². The standard InChI is InChI=1S/C23H16ClF2N7/c24-15-8-1-2-10-17(15)33-21(27)18-20(14-7-5-9-16(25)19(14)26)30-23(31-22(18)32-33)29-12-13-6-3-4-11-28-13/h1-11H,12,27H2,(H,29,31,32). The minimum atomic E-state index is -1.04. The van der Waals surface area contributed by atoms with Gasteiger partial charge in [-0.05, 0) is 36.4 Å². The fourth-order valence-electron chi connectivity index (χ4n) is 3.45. The number of halogens is 3. The molecule has 0 spiro atoms. The zero-order chi connectivity index (χ0) is 22.9. The van der Waals surface area contributed by atoms with E-state index in [1.807, 2.05) is 12.1 Å². The topological polar surface area (TPSA) is 94.5 Å². The number of anilines is 2. The van der Waals surface area contributed by atoms with Crippen molar-refractivity contribution in [3.05, 3.63) is 89.2 Å². The summed E-state index contributed by atoms with van der Waals surface area (Å²) < 4.78 is 30.2. The molecule has 2 aromatic carbocycles. The van der Waals surface area contributed by atoms with E-state index in [0.29, 0.717) is 17.3 Å². The van der Waals surface area contributed by atoms with Crippen LogP contribution in [-0.4, -0.2) is 24.7 Å². The summed E-state index contributed by atoms with van der Waals surface area (Å²) in [5, 5.41) is 8.24. The number of nitrogen functional groups attached to an aromatic ring is 1. The highest BCUT2D eigenvalue weighted by atomic mass is 35.5. The molecular formula is C23H16ClF2N7. The van der Waals surface area contributed by atoms with Gasteiger partial charge < -0.3 is 11.1 Å². The minimum absolute atomic E-state index is 0.0614. The van der Waals surface area contributed by atoms with Crippen LogP contribution < -0.4 is 11.1 Å². The van der Waals surface area contributed by atoms with Crippen LogP contribution in [0.5, 0.6) is 0 Å². The smallest absolute Gasteiger partial charge is 0.225 e. The molecule has 164 valence electrons. The van der Waals surface area contributed by atoms with Gasteiger partial charge in [0, 0.05) is 11.8 Å². The molecule has 0 unspecified atom stereocenters. The Morgan fingerprint density at radius 3 is 2.58 bits per heavy atom. The first-order valence-corrected chi connectivity index (χ1v) is 10.3. The van der Waals surface area contributed by atoms with Crippen molar-refractivity contribution in [2.75, 3.05) is 11.1 Å². The summed E-state index contributed by atoms with van der Waals surface area (Å²) in [5.74, 6) is -1.74. The molecule has 0 fully saturated rings. The molecule has 0 aliphatic heterocycles. The van der Waals surface area contributed by atoms with E-state index in [4.69, 9.17) is 17.3 Å². The van der Waals surface area contributed by atoms with Gasteiger partial charge in [0.05, 0.1) is 34.0 Å². The molecule has 0 aliphatic rings. The zero-order valence-electron chi connectivity index (χ0n) is 17.0. The highest BCUT2D eigenvalue weighted by molar-refractivity contribution is 6.32. The monoisotopic (exact) mass is 463 g/mol. The number of hydrogen-bond acceptors (Lipinski definition) is 6. The molecule has 33 heavy (non-hydrogen) atoms. The number of pyridine rings is 1. The van der Waals surface area contributed by atoms with E-state index >= 15 is 0 Å². The zero-order valence-corrected chi connectivity index (χ0v) is 17.8. The Kier molecular flexibility index (Phi) is 5.31. The number of rotatable bonds is 5. The maximum Gasteiger partial charge on any atom is 0.225 e. The average Bonchev–Trinajstić information content (AvgIpc) is 3.16. The molecule has 5 rings (SSSR count). The predicted octanol–water partition coefficient (Wildman–Crippen LogP) is 5.00.